The highest BCUT2D eigenvalue weighted by atomic mass is 32.1. The summed E-state index contributed by atoms with van der Waals surface area (Å²) < 4.78 is 0. The van der Waals surface area contributed by atoms with Crippen molar-refractivity contribution in [1.29, 1.82) is 0 Å². The van der Waals surface area contributed by atoms with Gasteiger partial charge in [-0.1, -0.05) is 0 Å². The van der Waals surface area contributed by atoms with Crippen LogP contribution in [-0.2, 0) is 9.59 Å². The molecule has 0 heterocycles. The summed E-state index contributed by atoms with van der Waals surface area (Å²) >= 11 is 7.64. The van der Waals surface area contributed by atoms with Crippen LogP contribution in [0.15, 0.2) is 0 Å². The summed E-state index contributed by atoms with van der Waals surface area (Å²) in [6.45, 7) is 0.786. The molecule has 0 bridgehead atoms. The Bertz CT molecular complexity index is 201. The minimum absolute atomic E-state index is 0.134. The van der Waals surface area contributed by atoms with E-state index in [1.54, 1.807) is 0 Å². The van der Waals surface area contributed by atoms with Crippen molar-refractivity contribution in [2.45, 2.75) is 6.04 Å². The van der Waals surface area contributed by atoms with E-state index in [0.29, 0.717) is 13.1 Å². The van der Waals surface area contributed by atoms with E-state index in [-0.39, 0.29) is 17.4 Å². The highest BCUT2D eigenvalue weighted by molar-refractivity contribution is 7.81. The Morgan fingerprint density at radius 2 is 1.93 bits per heavy atom. The molecule has 0 aromatic heterocycles. The lowest BCUT2D eigenvalue weighted by Gasteiger charge is -2.11. The molecule has 0 spiro atoms. The lowest BCUT2D eigenvalue weighted by atomic mass is 10.3. The van der Waals surface area contributed by atoms with Crippen LogP contribution < -0.4 is 10.6 Å². The van der Waals surface area contributed by atoms with Crippen LogP contribution in [0.5, 0.6) is 0 Å². The van der Waals surface area contributed by atoms with Crippen molar-refractivity contribution in [3.05, 3.63) is 0 Å². The third-order valence-electron chi connectivity index (χ3n) is 1.46. The maximum atomic E-state index is 10.7. The van der Waals surface area contributed by atoms with E-state index < -0.39 is 12.0 Å². The van der Waals surface area contributed by atoms with E-state index in [0.717, 1.165) is 0 Å². The fourth-order valence-electron chi connectivity index (χ4n) is 0.734. The van der Waals surface area contributed by atoms with Gasteiger partial charge in [0, 0.05) is 18.8 Å². The number of thiol groups is 2. The molecular formula is C7H14N2O3S2. The second-order valence-corrected chi connectivity index (χ2v) is 3.22. The van der Waals surface area contributed by atoms with Crippen molar-refractivity contribution in [3.8, 4) is 0 Å². The molecule has 0 unspecified atom stereocenters. The van der Waals surface area contributed by atoms with Gasteiger partial charge in [-0.2, -0.15) is 25.3 Å². The molecule has 0 aliphatic rings. The molecule has 0 saturated carbocycles. The van der Waals surface area contributed by atoms with Gasteiger partial charge in [0.1, 0.15) is 6.04 Å². The molecule has 14 heavy (non-hydrogen) atoms. The summed E-state index contributed by atoms with van der Waals surface area (Å²) in [6, 6.07) is -0.675. The van der Waals surface area contributed by atoms with Gasteiger partial charge in [-0.05, 0) is 0 Å². The predicted molar refractivity (Wildman–Crippen MR) is 60.1 cm³/mol. The molecule has 0 saturated heterocycles. The molecule has 82 valence electrons. The van der Waals surface area contributed by atoms with Gasteiger partial charge in [-0.15, -0.1) is 0 Å². The van der Waals surface area contributed by atoms with Crippen molar-refractivity contribution >= 4 is 37.1 Å². The molecule has 7 heteroatoms. The molecule has 0 aliphatic carbocycles. The van der Waals surface area contributed by atoms with Crippen LogP contribution in [0, 0.1) is 0 Å². The Labute approximate surface area is 93.5 Å². The minimum Gasteiger partial charge on any atom is -0.480 e. The molecule has 3 N–H and O–H groups in total. The number of rotatable bonds is 7. The minimum atomic E-state index is -0.944. The van der Waals surface area contributed by atoms with E-state index in [2.05, 4.69) is 35.9 Å². The lowest BCUT2D eigenvalue weighted by molar-refractivity contribution is -0.138. The van der Waals surface area contributed by atoms with Gasteiger partial charge in [0.25, 0.3) is 0 Å². The van der Waals surface area contributed by atoms with E-state index in [1.807, 2.05) is 0 Å². The van der Waals surface area contributed by atoms with Crippen molar-refractivity contribution in [2.24, 2.45) is 0 Å². The van der Waals surface area contributed by atoms with Gasteiger partial charge < -0.3 is 15.7 Å². The second-order valence-electron chi connectivity index (χ2n) is 2.54. The molecule has 0 fully saturated rings. The number of carbonyl (C=O) groups excluding carboxylic acids is 1. The molecule has 1 amide bonds. The Kier molecular flexibility index (Phi) is 7.73. The summed E-state index contributed by atoms with van der Waals surface area (Å²) in [7, 11) is 0. The Morgan fingerprint density at radius 3 is 2.36 bits per heavy atom. The van der Waals surface area contributed by atoms with E-state index in [9.17, 15) is 9.59 Å². The molecule has 0 radical (unpaired) electrons. The fraction of sp³-hybridized carbons (Fsp3) is 0.714. The summed E-state index contributed by atoms with van der Waals surface area (Å²) in [5.41, 5.74) is 0. The number of aliphatic carboxylic acids is 1. The largest absolute Gasteiger partial charge is 0.480 e. The number of carboxylic acid groups (broad SMARTS) is 1. The van der Waals surface area contributed by atoms with Crippen LogP contribution in [0.25, 0.3) is 0 Å². The molecule has 0 aliphatic heterocycles. The van der Waals surface area contributed by atoms with Crippen LogP contribution >= 0.6 is 25.3 Å². The summed E-state index contributed by atoms with van der Waals surface area (Å²) in [5, 5.41) is 13.9. The highest BCUT2D eigenvalue weighted by Gasteiger charge is 2.13. The molecule has 0 rings (SSSR count). The zero-order valence-corrected chi connectivity index (χ0v) is 9.35. The van der Waals surface area contributed by atoms with Crippen molar-refractivity contribution in [3.63, 3.8) is 0 Å². The number of carboxylic acids is 1. The molecule has 0 aromatic carbocycles. The lowest BCUT2D eigenvalue weighted by Crippen LogP contribution is -2.42. The monoisotopic (exact) mass is 238 g/mol. The van der Waals surface area contributed by atoms with Gasteiger partial charge in [0.2, 0.25) is 5.91 Å². The first kappa shape index (κ1) is 13.6. The zero-order valence-electron chi connectivity index (χ0n) is 7.56. The Hall–Kier alpha value is -0.400. The third kappa shape index (κ3) is 6.11. The Balaban J connectivity index is 3.52. The summed E-state index contributed by atoms with van der Waals surface area (Å²) in [5.74, 6) is -0.765. The van der Waals surface area contributed by atoms with Crippen molar-refractivity contribution in [2.75, 3.05) is 24.6 Å². The molecular weight excluding hydrogens is 224 g/mol. The standard InChI is InChI=1S/C7H14N2O3S2/c10-6(4-14)9-2-1-8-5(3-13)7(11)12/h5,8,13-14H,1-4H2,(H,9,10)(H,11,12)/t5-/m1/s1. The van der Waals surface area contributed by atoms with Gasteiger partial charge >= 0.3 is 5.97 Å². The van der Waals surface area contributed by atoms with E-state index >= 15 is 0 Å². The maximum Gasteiger partial charge on any atom is 0.321 e. The summed E-state index contributed by atoms with van der Waals surface area (Å²) in [6.07, 6.45) is 0. The van der Waals surface area contributed by atoms with Gasteiger partial charge in [0.15, 0.2) is 0 Å². The van der Waals surface area contributed by atoms with E-state index in [4.69, 9.17) is 5.11 Å². The molecule has 0 aromatic rings. The van der Waals surface area contributed by atoms with E-state index in [1.165, 1.54) is 0 Å². The predicted octanol–water partition coefficient (Wildman–Crippen LogP) is -0.995. The van der Waals surface area contributed by atoms with Crippen LogP contribution in [0.1, 0.15) is 0 Å². The van der Waals surface area contributed by atoms with Gasteiger partial charge in [0.05, 0.1) is 5.75 Å². The topological polar surface area (TPSA) is 78.4 Å². The number of carbonyl (C=O) groups is 2. The number of hydrogen-bond donors (Lipinski definition) is 5. The zero-order chi connectivity index (χ0) is 11.0. The first-order valence-corrected chi connectivity index (χ1v) is 5.33. The van der Waals surface area contributed by atoms with Crippen molar-refractivity contribution < 1.29 is 14.7 Å². The number of hydrogen-bond acceptors (Lipinski definition) is 5. The molecule has 5 nitrogen and oxygen atoms in total. The average Bonchev–Trinajstić information content (AvgIpc) is 2.16. The second kappa shape index (κ2) is 7.95. The van der Waals surface area contributed by atoms with Crippen molar-refractivity contribution in [1.82, 2.24) is 10.6 Å². The molecule has 1 atom stereocenters. The highest BCUT2D eigenvalue weighted by Crippen LogP contribution is 1.86. The maximum absolute atomic E-state index is 10.7. The van der Waals surface area contributed by atoms with Gasteiger partial charge in [-0.25, -0.2) is 0 Å². The summed E-state index contributed by atoms with van der Waals surface area (Å²) in [4.78, 5) is 21.2. The van der Waals surface area contributed by atoms with Crippen LogP contribution in [0.3, 0.4) is 0 Å². The first-order valence-electron chi connectivity index (χ1n) is 4.06. The normalized spacial score (nSPS) is 12.1. The fourth-order valence-corrected chi connectivity index (χ4v) is 1.13. The van der Waals surface area contributed by atoms with Crippen LogP contribution in [-0.4, -0.2) is 47.6 Å². The average molecular weight is 238 g/mol. The third-order valence-corrected chi connectivity index (χ3v) is 2.11. The van der Waals surface area contributed by atoms with Gasteiger partial charge in [-0.3, -0.25) is 9.59 Å². The quantitative estimate of drug-likeness (QED) is 0.291. The number of nitrogens with one attached hydrogen (secondary N) is 2. The smallest absolute Gasteiger partial charge is 0.321 e. The SMILES string of the molecule is O=C(CS)NCCN[C@H](CS)C(=O)O. The number of amides is 1. The van der Waals surface area contributed by atoms with Crippen LogP contribution in [0.2, 0.25) is 0 Å². The Morgan fingerprint density at radius 1 is 1.29 bits per heavy atom. The first-order chi connectivity index (χ1) is 6.61. The van der Waals surface area contributed by atoms with Crippen LogP contribution in [0.4, 0.5) is 0 Å².